The molecule has 1 amide bonds. The van der Waals surface area contributed by atoms with Gasteiger partial charge in [-0.25, -0.2) is 0 Å². The van der Waals surface area contributed by atoms with E-state index in [2.05, 4.69) is 0 Å². The maximum atomic E-state index is 11.7. The summed E-state index contributed by atoms with van der Waals surface area (Å²) in [4.78, 5) is 25.1. The molecule has 1 aliphatic carbocycles. The van der Waals surface area contributed by atoms with Crippen LogP contribution in [-0.4, -0.2) is 36.5 Å². The molecule has 0 spiro atoms. The van der Waals surface area contributed by atoms with E-state index >= 15 is 0 Å². The monoisotopic (exact) mass is 253 g/mol. The minimum absolute atomic E-state index is 0.0375. The molecule has 0 unspecified atom stereocenters. The minimum atomic E-state index is -0.200. The smallest absolute Gasteiger partial charge is 0.306 e. The van der Waals surface area contributed by atoms with Gasteiger partial charge < -0.3 is 9.64 Å². The lowest BCUT2D eigenvalue weighted by Gasteiger charge is -2.20. The first-order valence-corrected chi connectivity index (χ1v) is 7.19. The molecule has 0 atom stereocenters. The van der Waals surface area contributed by atoms with Crippen LogP contribution in [0.15, 0.2) is 0 Å². The van der Waals surface area contributed by atoms with Gasteiger partial charge in [-0.15, -0.1) is 0 Å². The Morgan fingerprint density at radius 3 is 2.33 bits per heavy atom. The summed E-state index contributed by atoms with van der Waals surface area (Å²) in [6.07, 6.45) is 8.65. The van der Waals surface area contributed by atoms with Gasteiger partial charge in [0.1, 0.15) is 0 Å². The highest BCUT2D eigenvalue weighted by atomic mass is 16.5. The molecule has 4 nitrogen and oxygen atoms in total. The Morgan fingerprint density at radius 2 is 1.67 bits per heavy atom. The van der Waals surface area contributed by atoms with Crippen molar-refractivity contribution < 1.29 is 14.3 Å². The van der Waals surface area contributed by atoms with Crippen LogP contribution >= 0.6 is 0 Å². The number of amides is 1. The highest BCUT2D eigenvalue weighted by Gasteiger charge is 2.21. The molecule has 1 aliphatic heterocycles. The molecule has 2 rings (SSSR count). The highest BCUT2D eigenvalue weighted by molar-refractivity contribution is 5.80. The summed E-state index contributed by atoms with van der Waals surface area (Å²) in [7, 11) is 0. The minimum Gasteiger partial charge on any atom is -0.456 e. The van der Waals surface area contributed by atoms with Crippen molar-refractivity contribution >= 4 is 11.9 Å². The Kier molecular flexibility index (Phi) is 5.02. The summed E-state index contributed by atoms with van der Waals surface area (Å²) in [6, 6.07) is 0. The maximum Gasteiger partial charge on any atom is 0.306 e. The number of carbonyl (C=O) groups excluding carboxylic acids is 2. The van der Waals surface area contributed by atoms with Crippen molar-refractivity contribution in [2.45, 2.75) is 51.4 Å². The second-order valence-electron chi connectivity index (χ2n) is 5.46. The van der Waals surface area contributed by atoms with Crippen LogP contribution in [0.25, 0.3) is 0 Å². The van der Waals surface area contributed by atoms with Crippen molar-refractivity contribution in [3.63, 3.8) is 0 Å². The summed E-state index contributed by atoms with van der Waals surface area (Å²) in [5, 5.41) is 0. The lowest BCUT2D eigenvalue weighted by Crippen LogP contribution is -2.32. The Hall–Kier alpha value is -1.06. The molecule has 0 N–H and O–H groups in total. The molecule has 1 saturated heterocycles. The highest BCUT2D eigenvalue weighted by Crippen LogP contribution is 2.26. The van der Waals surface area contributed by atoms with Crippen LogP contribution in [-0.2, 0) is 14.3 Å². The number of hydrogen-bond acceptors (Lipinski definition) is 3. The molecule has 1 saturated carbocycles. The first-order chi connectivity index (χ1) is 8.75. The van der Waals surface area contributed by atoms with Crippen LogP contribution in [0, 0.1) is 5.92 Å². The quantitative estimate of drug-likeness (QED) is 0.721. The lowest BCUT2D eigenvalue weighted by molar-refractivity contribution is -0.152. The van der Waals surface area contributed by atoms with Gasteiger partial charge in [-0.2, -0.15) is 0 Å². The number of carbonyl (C=O) groups is 2. The molecule has 0 bridgehead atoms. The zero-order chi connectivity index (χ0) is 12.8. The van der Waals surface area contributed by atoms with Crippen molar-refractivity contribution in [1.82, 2.24) is 4.90 Å². The molecule has 0 radical (unpaired) electrons. The van der Waals surface area contributed by atoms with Gasteiger partial charge in [-0.1, -0.05) is 19.3 Å². The van der Waals surface area contributed by atoms with Crippen molar-refractivity contribution in [2.24, 2.45) is 5.92 Å². The number of nitrogens with zero attached hydrogens (tertiary/aromatic N) is 1. The third kappa shape index (κ3) is 4.00. The van der Waals surface area contributed by atoms with E-state index in [1.54, 1.807) is 4.90 Å². The van der Waals surface area contributed by atoms with E-state index in [1.807, 2.05) is 0 Å². The molecule has 1 heterocycles. The van der Waals surface area contributed by atoms with E-state index in [-0.39, 0.29) is 18.5 Å². The van der Waals surface area contributed by atoms with E-state index in [9.17, 15) is 9.59 Å². The zero-order valence-corrected chi connectivity index (χ0v) is 11.0. The van der Waals surface area contributed by atoms with E-state index in [0.29, 0.717) is 12.3 Å². The van der Waals surface area contributed by atoms with Gasteiger partial charge >= 0.3 is 5.97 Å². The van der Waals surface area contributed by atoms with Crippen LogP contribution in [0.3, 0.4) is 0 Å². The van der Waals surface area contributed by atoms with Gasteiger partial charge in [-0.05, 0) is 31.6 Å². The molecular weight excluding hydrogens is 230 g/mol. The van der Waals surface area contributed by atoms with Crippen LogP contribution in [0.5, 0.6) is 0 Å². The number of esters is 1. The first kappa shape index (κ1) is 13.4. The Bertz CT molecular complexity index is 291. The predicted molar refractivity (Wildman–Crippen MR) is 68.0 cm³/mol. The normalized spacial score (nSPS) is 21.0. The fraction of sp³-hybridized carbons (Fsp3) is 0.857. The van der Waals surface area contributed by atoms with Crippen molar-refractivity contribution in [3.8, 4) is 0 Å². The Labute approximate surface area is 109 Å². The fourth-order valence-corrected chi connectivity index (χ4v) is 2.89. The fourth-order valence-electron chi connectivity index (χ4n) is 2.89. The van der Waals surface area contributed by atoms with Crippen LogP contribution < -0.4 is 0 Å². The number of hydrogen-bond donors (Lipinski definition) is 0. The van der Waals surface area contributed by atoms with Gasteiger partial charge in [-0.3, -0.25) is 9.59 Å². The van der Waals surface area contributed by atoms with Crippen molar-refractivity contribution in [1.29, 1.82) is 0 Å². The third-order valence-corrected chi connectivity index (χ3v) is 4.00. The van der Waals surface area contributed by atoms with E-state index in [0.717, 1.165) is 38.8 Å². The number of ether oxygens (including phenoxy) is 1. The van der Waals surface area contributed by atoms with Gasteiger partial charge in [0.15, 0.2) is 6.61 Å². The summed E-state index contributed by atoms with van der Waals surface area (Å²) in [6.45, 7) is 1.57. The SMILES string of the molecule is O=C(CC1CCCCC1)OCC(=O)N1CCCC1. The van der Waals surface area contributed by atoms with Gasteiger partial charge in [0.2, 0.25) is 0 Å². The second kappa shape index (κ2) is 6.76. The van der Waals surface area contributed by atoms with E-state index < -0.39 is 0 Å². The lowest BCUT2D eigenvalue weighted by atomic mass is 9.87. The molecule has 102 valence electrons. The molecule has 4 heteroatoms. The number of rotatable bonds is 4. The van der Waals surface area contributed by atoms with Gasteiger partial charge in [0.05, 0.1) is 0 Å². The van der Waals surface area contributed by atoms with E-state index in [1.165, 1.54) is 19.3 Å². The first-order valence-electron chi connectivity index (χ1n) is 7.19. The van der Waals surface area contributed by atoms with Crippen LogP contribution in [0.1, 0.15) is 51.4 Å². The predicted octanol–water partition coefficient (Wildman–Crippen LogP) is 2.12. The summed E-state index contributed by atoms with van der Waals surface area (Å²) < 4.78 is 5.09. The Balaban J connectivity index is 1.63. The van der Waals surface area contributed by atoms with Crippen molar-refractivity contribution in [2.75, 3.05) is 19.7 Å². The third-order valence-electron chi connectivity index (χ3n) is 4.00. The van der Waals surface area contributed by atoms with Crippen LogP contribution in [0.4, 0.5) is 0 Å². The number of likely N-dealkylation sites (tertiary alicyclic amines) is 1. The molecule has 0 aromatic carbocycles. The van der Waals surface area contributed by atoms with Crippen molar-refractivity contribution in [3.05, 3.63) is 0 Å². The Morgan fingerprint density at radius 1 is 1.00 bits per heavy atom. The molecule has 0 aromatic rings. The summed E-state index contributed by atoms with van der Waals surface area (Å²) in [5.74, 6) is 0.243. The maximum absolute atomic E-state index is 11.7. The molecule has 2 aliphatic rings. The standard InChI is InChI=1S/C14H23NO3/c16-13(15-8-4-5-9-15)11-18-14(17)10-12-6-2-1-3-7-12/h12H,1-11H2. The zero-order valence-electron chi connectivity index (χ0n) is 11.0. The molecule has 18 heavy (non-hydrogen) atoms. The summed E-state index contributed by atoms with van der Waals surface area (Å²) in [5.41, 5.74) is 0. The van der Waals surface area contributed by atoms with Gasteiger partial charge in [0.25, 0.3) is 5.91 Å². The molecule has 2 fully saturated rings. The average molecular weight is 253 g/mol. The van der Waals surface area contributed by atoms with Crippen LogP contribution in [0.2, 0.25) is 0 Å². The molecular formula is C14H23NO3. The average Bonchev–Trinajstić information content (AvgIpc) is 2.91. The summed E-state index contributed by atoms with van der Waals surface area (Å²) >= 11 is 0. The topological polar surface area (TPSA) is 46.6 Å². The molecule has 0 aromatic heterocycles. The van der Waals surface area contributed by atoms with Gasteiger partial charge in [0, 0.05) is 19.5 Å². The van der Waals surface area contributed by atoms with E-state index in [4.69, 9.17) is 4.74 Å². The largest absolute Gasteiger partial charge is 0.456 e. The second-order valence-corrected chi connectivity index (χ2v) is 5.46.